The van der Waals surface area contributed by atoms with Gasteiger partial charge in [0, 0.05) is 11.6 Å². The van der Waals surface area contributed by atoms with Crippen molar-refractivity contribution in [3.63, 3.8) is 0 Å². The fraction of sp³-hybridized carbons (Fsp3) is 0.571. The lowest BCUT2D eigenvalue weighted by molar-refractivity contribution is 0.155. The summed E-state index contributed by atoms with van der Waals surface area (Å²) in [4.78, 5) is 0. The molecule has 3 nitrogen and oxygen atoms in total. The molecule has 0 amide bonds. The van der Waals surface area contributed by atoms with Crippen molar-refractivity contribution in [2.24, 2.45) is 5.92 Å². The number of hydrogen-bond donors (Lipinski definition) is 1. The minimum absolute atomic E-state index is 0.474. The summed E-state index contributed by atoms with van der Waals surface area (Å²) in [6.45, 7) is 4.30. The van der Waals surface area contributed by atoms with Crippen molar-refractivity contribution in [2.45, 2.75) is 32.8 Å². The van der Waals surface area contributed by atoms with E-state index in [1.165, 1.54) is 0 Å². The Hall–Kier alpha value is -1.22. The second kappa shape index (κ2) is 6.50. The minimum atomic E-state index is -0.474. The van der Waals surface area contributed by atoms with Gasteiger partial charge in [-0.1, -0.05) is 13.8 Å². The van der Waals surface area contributed by atoms with Crippen molar-refractivity contribution in [3.05, 3.63) is 23.8 Å². The molecule has 1 rings (SSSR count). The number of aliphatic hydroxyl groups is 1. The summed E-state index contributed by atoms with van der Waals surface area (Å²) in [5.74, 6) is 2.01. The zero-order valence-corrected chi connectivity index (χ0v) is 11.1. The van der Waals surface area contributed by atoms with Gasteiger partial charge in [-0.2, -0.15) is 0 Å². The molecule has 1 unspecified atom stereocenters. The second-order valence-corrected chi connectivity index (χ2v) is 4.59. The first-order valence-electron chi connectivity index (χ1n) is 5.98. The van der Waals surface area contributed by atoms with Gasteiger partial charge in [0.2, 0.25) is 0 Å². The van der Waals surface area contributed by atoms with Crippen LogP contribution in [0.3, 0.4) is 0 Å². The number of ether oxygens (including phenoxy) is 2. The molecule has 0 saturated carbocycles. The number of hydrogen-bond acceptors (Lipinski definition) is 3. The molecule has 0 aliphatic heterocycles. The van der Waals surface area contributed by atoms with Gasteiger partial charge in [0.15, 0.2) is 0 Å². The molecule has 0 bridgehead atoms. The van der Waals surface area contributed by atoms with Gasteiger partial charge in [-0.15, -0.1) is 0 Å². The molecular formula is C14H22O3. The highest BCUT2D eigenvalue weighted by Gasteiger charge is 2.14. The van der Waals surface area contributed by atoms with E-state index in [1.807, 2.05) is 12.1 Å². The molecule has 0 fully saturated rings. The molecule has 96 valence electrons. The van der Waals surface area contributed by atoms with Gasteiger partial charge < -0.3 is 14.6 Å². The molecule has 0 aromatic heterocycles. The molecule has 0 aliphatic carbocycles. The summed E-state index contributed by atoms with van der Waals surface area (Å²) < 4.78 is 10.4. The van der Waals surface area contributed by atoms with E-state index in [9.17, 15) is 5.11 Å². The topological polar surface area (TPSA) is 38.7 Å². The standard InChI is InChI=1S/C14H22O3/c1-10(2)5-8-13(15)12-7-6-11(16-3)9-14(12)17-4/h6-7,9-10,13,15H,5,8H2,1-4H3. The Bertz CT molecular complexity index is 347. The number of aliphatic hydroxyl groups excluding tert-OH is 1. The van der Waals surface area contributed by atoms with Gasteiger partial charge in [-0.25, -0.2) is 0 Å². The van der Waals surface area contributed by atoms with Crippen LogP contribution >= 0.6 is 0 Å². The molecule has 0 spiro atoms. The van der Waals surface area contributed by atoms with E-state index in [2.05, 4.69) is 13.8 Å². The first kappa shape index (κ1) is 13.8. The highest BCUT2D eigenvalue weighted by molar-refractivity contribution is 5.41. The highest BCUT2D eigenvalue weighted by atomic mass is 16.5. The number of benzene rings is 1. The van der Waals surface area contributed by atoms with Crippen molar-refractivity contribution >= 4 is 0 Å². The molecule has 0 saturated heterocycles. The summed E-state index contributed by atoms with van der Waals surface area (Å²) in [7, 11) is 3.22. The fourth-order valence-corrected chi connectivity index (χ4v) is 1.74. The first-order valence-corrected chi connectivity index (χ1v) is 5.98. The van der Waals surface area contributed by atoms with Crippen LogP contribution in [0.2, 0.25) is 0 Å². The maximum absolute atomic E-state index is 10.1. The summed E-state index contributed by atoms with van der Waals surface area (Å²) >= 11 is 0. The first-order chi connectivity index (χ1) is 8.08. The summed E-state index contributed by atoms with van der Waals surface area (Å²) in [5, 5.41) is 10.1. The van der Waals surface area contributed by atoms with Crippen LogP contribution in [0.15, 0.2) is 18.2 Å². The van der Waals surface area contributed by atoms with E-state index in [-0.39, 0.29) is 0 Å². The van der Waals surface area contributed by atoms with Gasteiger partial charge in [-0.05, 0) is 30.9 Å². The molecule has 0 radical (unpaired) electrons. The summed E-state index contributed by atoms with van der Waals surface area (Å²) in [5.41, 5.74) is 0.828. The molecule has 1 aromatic carbocycles. The maximum Gasteiger partial charge on any atom is 0.128 e. The van der Waals surface area contributed by atoms with Crippen LogP contribution < -0.4 is 9.47 Å². The van der Waals surface area contributed by atoms with E-state index >= 15 is 0 Å². The average Bonchev–Trinajstić information content (AvgIpc) is 2.34. The Balaban J connectivity index is 2.81. The molecule has 17 heavy (non-hydrogen) atoms. The number of rotatable bonds is 6. The lowest BCUT2D eigenvalue weighted by Gasteiger charge is -2.16. The van der Waals surface area contributed by atoms with Crippen LogP contribution in [0, 0.1) is 5.92 Å². The van der Waals surface area contributed by atoms with Crippen molar-refractivity contribution in [1.82, 2.24) is 0 Å². The van der Waals surface area contributed by atoms with Gasteiger partial charge in [0.05, 0.1) is 20.3 Å². The molecule has 1 N–H and O–H groups in total. The third kappa shape index (κ3) is 3.93. The monoisotopic (exact) mass is 238 g/mol. The molecule has 0 aliphatic rings. The van der Waals surface area contributed by atoms with Crippen LogP contribution in [0.4, 0.5) is 0 Å². The largest absolute Gasteiger partial charge is 0.497 e. The van der Waals surface area contributed by atoms with Crippen LogP contribution in [0.5, 0.6) is 11.5 Å². The maximum atomic E-state index is 10.1. The lowest BCUT2D eigenvalue weighted by Crippen LogP contribution is -2.02. The SMILES string of the molecule is COc1ccc(C(O)CCC(C)C)c(OC)c1. The van der Waals surface area contributed by atoms with Crippen molar-refractivity contribution in [1.29, 1.82) is 0 Å². The molecule has 1 aromatic rings. The van der Waals surface area contributed by atoms with Crippen molar-refractivity contribution in [2.75, 3.05) is 14.2 Å². The molecule has 1 atom stereocenters. The Labute approximate surface area is 103 Å². The van der Waals surface area contributed by atoms with E-state index in [1.54, 1.807) is 20.3 Å². The van der Waals surface area contributed by atoms with Gasteiger partial charge >= 0.3 is 0 Å². The Morgan fingerprint density at radius 3 is 2.35 bits per heavy atom. The fourth-order valence-electron chi connectivity index (χ4n) is 1.74. The quantitative estimate of drug-likeness (QED) is 0.827. The Morgan fingerprint density at radius 1 is 1.12 bits per heavy atom. The van der Waals surface area contributed by atoms with Gasteiger partial charge in [0.1, 0.15) is 11.5 Å². The summed E-state index contributed by atoms with van der Waals surface area (Å²) in [6.07, 6.45) is 1.27. The summed E-state index contributed by atoms with van der Waals surface area (Å²) in [6, 6.07) is 5.51. The minimum Gasteiger partial charge on any atom is -0.497 e. The van der Waals surface area contributed by atoms with E-state index < -0.39 is 6.10 Å². The van der Waals surface area contributed by atoms with Crippen LogP contribution in [-0.2, 0) is 0 Å². The van der Waals surface area contributed by atoms with Crippen LogP contribution in [0.1, 0.15) is 38.4 Å². The Kier molecular flexibility index (Phi) is 5.29. The van der Waals surface area contributed by atoms with E-state index in [0.717, 1.165) is 24.2 Å². The normalized spacial score (nSPS) is 12.6. The predicted molar refractivity (Wildman–Crippen MR) is 68.6 cm³/mol. The predicted octanol–water partition coefficient (Wildman–Crippen LogP) is 3.17. The van der Waals surface area contributed by atoms with Crippen LogP contribution in [-0.4, -0.2) is 19.3 Å². The smallest absolute Gasteiger partial charge is 0.128 e. The van der Waals surface area contributed by atoms with E-state index in [0.29, 0.717) is 11.7 Å². The van der Waals surface area contributed by atoms with E-state index in [4.69, 9.17) is 9.47 Å². The third-order valence-corrected chi connectivity index (χ3v) is 2.82. The van der Waals surface area contributed by atoms with Crippen molar-refractivity contribution in [3.8, 4) is 11.5 Å². The molecular weight excluding hydrogens is 216 g/mol. The van der Waals surface area contributed by atoms with Crippen LogP contribution in [0.25, 0.3) is 0 Å². The molecule has 3 heteroatoms. The molecule has 0 heterocycles. The zero-order valence-electron chi connectivity index (χ0n) is 11.1. The lowest BCUT2D eigenvalue weighted by atomic mass is 9.99. The Morgan fingerprint density at radius 2 is 1.82 bits per heavy atom. The second-order valence-electron chi connectivity index (χ2n) is 4.59. The van der Waals surface area contributed by atoms with Crippen molar-refractivity contribution < 1.29 is 14.6 Å². The highest BCUT2D eigenvalue weighted by Crippen LogP contribution is 2.32. The zero-order chi connectivity index (χ0) is 12.8. The number of methoxy groups -OCH3 is 2. The average molecular weight is 238 g/mol. The van der Waals surface area contributed by atoms with Gasteiger partial charge in [0.25, 0.3) is 0 Å². The third-order valence-electron chi connectivity index (χ3n) is 2.82. The van der Waals surface area contributed by atoms with Gasteiger partial charge in [-0.3, -0.25) is 0 Å².